The normalized spacial score (nSPS) is 16.6. The molecule has 10 nitrogen and oxygen atoms in total. The van der Waals surface area contributed by atoms with Gasteiger partial charge in [0.1, 0.15) is 24.0 Å². The zero-order valence-corrected chi connectivity index (χ0v) is 26.8. The summed E-state index contributed by atoms with van der Waals surface area (Å²) in [5.74, 6) is -5.17. The van der Waals surface area contributed by atoms with Gasteiger partial charge in [0, 0.05) is 61.8 Å². The summed E-state index contributed by atoms with van der Waals surface area (Å²) in [5, 5.41) is 12.9. The highest BCUT2D eigenvalue weighted by Gasteiger charge is 2.45. The second-order valence-electron chi connectivity index (χ2n) is 12.3. The third kappa shape index (κ3) is 6.64. The average Bonchev–Trinajstić information content (AvgIpc) is 3.10. The fourth-order valence-corrected chi connectivity index (χ4v) is 6.48. The Morgan fingerprint density at radius 2 is 1.79 bits per heavy atom. The van der Waals surface area contributed by atoms with E-state index in [9.17, 15) is 14.7 Å². The van der Waals surface area contributed by atoms with E-state index in [1.807, 2.05) is 42.5 Å². The van der Waals surface area contributed by atoms with Gasteiger partial charge in [-0.2, -0.15) is 4.98 Å². The standard InChI is InChI=1S/C35H38F3N5O5/c1-22(26-9-6-10-28(30(26)36)35(37,38)24-11-13-43(14-12-24)34(45)46)39-32-27-19-25(42-15-17-47-18-16-42)20-29(31(27)41(2)33(44)40-32)48-21-23-7-4-3-5-8-23/h3-10,19-20,22,24H,11-18,21H2,1-2H3,(H,45,46)(H,39,40,44). The predicted molar refractivity (Wildman–Crippen MR) is 175 cm³/mol. The predicted octanol–water partition coefficient (Wildman–Crippen LogP) is 6.14. The zero-order chi connectivity index (χ0) is 34.0. The van der Waals surface area contributed by atoms with Gasteiger partial charge in [0.05, 0.1) is 30.3 Å². The molecule has 2 saturated heterocycles. The minimum atomic E-state index is -3.52. The van der Waals surface area contributed by atoms with Crippen molar-refractivity contribution < 1.29 is 32.5 Å². The van der Waals surface area contributed by atoms with E-state index in [0.29, 0.717) is 43.0 Å². The minimum Gasteiger partial charge on any atom is -0.487 e. The van der Waals surface area contributed by atoms with Gasteiger partial charge in [0.2, 0.25) is 0 Å². The SMILES string of the molecule is CC(Nc1nc(=O)n(C)c2c(OCc3ccccc3)cc(N3CCOCC3)cc12)c1cccc(C(F)(F)C2CCN(C(=O)O)CC2)c1F. The molecule has 1 aromatic heterocycles. The number of morpholine rings is 1. The second kappa shape index (κ2) is 13.8. The molecule has 0 aliphatic carbocycles. The summed E-state index contributed by atoms with van der Waals surface area (Å²) in [5.41, 5.74) is 0.909. The van der Waals surface area contributed by atoms with Gasteiger partial charge in [-0.05, 0) is 31.4 Å². The number of benzene rings is 3. The molecule has 1 unspecified atom stereocenters. The molecule has 13 heteroatoms. The topological polar surface area (TPSA) is 109 Å². The summed E-state index contributed by atoms with van der Waals surface area (Å²) in [6, 6.07) is 16.4. The lowest BCUT2D eigenvalue weighted by atomic mass is 9.85. The van der Waals surface area contributed by atoms with Crippen molar-refractivity contribution in [2.75, 3.05) is 49.6 Å². The fraction of sp³-hybridized carbons (Fsp3) is 0.400. The van der Waals surface area contributed by atoms with Crippen LogP contribution in [0.25, 0.3) is 10.9 Å². The molecule has 3 aromatic carbocycles. The summed E-state index contributed by atoms with van der Waals surface area (Å²) >= 11 is 0. The number of carboxylic acid groups (broad SMARTS) is 1. The van der Waals surface area contributed by atoms with Crippen molar-refractivity contribution in [3.05, 3.63) is 93.7 Å². The van der Waals surface area contributed by atoms with Crippen molar-refractivity contribution in [1.82, 2.24) is 14.5 Å². The molecule has 6 rings (SSSR count). The first kappa shape index (κ1) is 33.1. The molecule has 0 spiro atoms. The lowest BCUT2D eigenvalue weighted by molar-refractivity contribution is -0.0861. The Kier molecular flexibility index (Phi) is 9.49. The minimum absolute atomic E-state index is 0.0179. The molecule has 254 valence electrons. The number of nitrogens with one attached hydrogen (secondary N) is 1. The number of carbonyl (C=O) groups is 1. The van der Waals surface area contributed by atoms with E-state index >= 15 is 13.2 Å². The van der Waals surface area contributed by atoms with E-state index < -0.39 is 41.0 Å². The highest BCUT2D eigenvalue weighted by Crippen LogP contribution is 2.44. The van der Waals surface area contributed by atoms with Crippen LogP contribution < -0.4 is 20.6 Å². The van der Waals surface area contributed by atoms with Crippen molar-refractivity contribution >= 4 is 28.5 Å². The van der Waals surface area contributed by atoms with E-state index in [0.717, 1.165) is 22.2 Å². The number of rotatable bonds is 9. The molecular formula is C35H38F3N5O5. The first-order chi connectivity index (χ1) is 23.0. The summed E-state index contributed by atoms with van der Waals surface area (Å²) < 4.78 is 60.8. The number of hydrogen-bond donors (Lipinski definition) is 2. The monoisotopic (exact) mass is 665 g/mol. The average molecular weight is 666 g/mol. The number of fused-ring (bicyclic) bond motifs is 1. The number of aromatic nitrogens is 2. The van der Waals surface area contributed by atoms with E-state index in [4.69, 9.17) is 9.47 Å². The largest absolute Gasteiger partial charge is 0.487 e. The maximum absolute atomic E-state index is 16.0. The van der Waals surface area contributed by atoms with Gasteiger partial charge in [-0.15, -0.1) is 0 Å². The highest BCUT2D eigenvalue weighted by atomic mass is 19.3. The molecule has 4 aromatic rings. The van der Waals surface area contributed by atoms with E-state index in [1.54, 1.807) is 14.0 Å². The lowest BCUT2D eigenvalue weighted by Crippen LogP contribution is -2.42. The molecule has 48 heavy (non-hydrogen) atoms. The number of alkyl halides is 2. The van der Waals surface area contributed by atoms with Crippen LogP contribution >= 0.6 is 0 Å². The molecule has 0 radical (unpaired) electrons. The number of amides is 1. The fourth-order valence-electron chi connectivity index (χ4n) is 6.48. The molecule has 1 atom stereocenters. The number of ether oxygens (including phenoxy) is 2. The smallest absolute Gasteiger partial charge is 0.407 e. The number of piperidine rings is 1. The summed E-state index contributed by atoms with van der Waals surface area (Å²) in [6.07, 6.45) is -1.33. The maximum Gasteiger partial charge on any atom is 0.407 e. The van der Waals surface area contributed by atoms with Crippen molar-refractivity contribution in [1.29, 1.82) is 0 Å². The molecule has 2 N–H and O–H groups in total. The van der Waals surface area contributed by atoms with Crippen LogP contribution in [0.5, 0.6) is 5.75 Å². The number of nitrogens with zero attached hydrogens (tertiary/aromatic N) is 4. The Hall–Kier alpha value is -4.78. The highest BCUT2D eigenvalue weighted by molar-refractivity contribution is 5.96. The first-order valence-corrected chi connectivity index (χ1v) is 16.0. The number of likely N-dealkylation sites (tertiary alicyclic amines) is 1. The van der Waals surface area contributed by atoms with Crippen LogP contribution in [0, 0.1) is 11.7 Å². The van der Waals surface area contributed by atoms with Crippen LogP contribution in [0.4, 0.5) is 29.5 Å². The molecular weight excluding hydrogens is 627 g/mol. The molecule has 2 aliphatic rings. The third-order valence-electron chi connectivity index (χ3n) is 9.24. The summed E-state index contributed by atoms with van der Waals surface area (Å²) in [7, 11) is 1.60. The number of anilines is 2. The van der Waals surface area contributed by atoms with Gasteiger partial charge in [-0.3, -0.25) is 4.57 Å². The Morgan fingerprint density at radius 3 is 2.48 bits per heavy atom. The molecule has 1 amide bonds. The summed E-state index contributed by atoms with van der Waals surface area (Å²) in [6.45, 7) is 4.16. The molecule has 2 aliphatic heterocycles. The lowest BCUT2D eigenvalue weighted by Gasteiger charge is -2.35. The van der Waals surface area contributed by atoms with Gasteiger partial charge < -0.3 is 29.7 Å². The van der Waals surface area contributed by atoms with E-state index in [1.165, 1.54) is 16.7 Å². The van der Waals surface area contributed by atoms with Crippen LogP contribution in [0.2, 0.25) is 0 Å². The van der Waals surface area contributed by atoms with Crippen LogP contribution in [-0.2, 0) is 24.3 Å². The Balaban J connectivity index is 1.35. The molecule has 0 saturated carbocycles. The number of aryl methyl sites for hydroxylation is 1. The van der Waals surface area contributed by atoms with Crippen molar-refractivity contribution in [2.45, 2.75) is 38.3 Å². The van der Waals surface area contributed by atoms with Crippen molar-refractivity contribution in [3.63, 3.8) is 0 Å². The van der Waals surface area contributed by atoms with Crippen LogP contribution in [0.15, 0.2) is 65.5 Å². The van der Waals surface area contributed by atoms with Crippen molar-refractivity contribution in [3.8, 4) is 5.75 Å². The van der Waals surface area contributed by atoms with Gasteiger partial charge >= 0.3 is 11.8 Å². The Bertz CT molecular complexity index is 1840. The van der Waals surface area contributed by atoms with E-state index in [-0.39, 0.29) is 43.9 Å². The van der Waals surface area contributed by atoms with E-state index in [2.05, 4.69) is 15.2 Å². The van der Waals surface area contributed by atoms with Gasteiger partial charge in [0.25, 0.3) is 5.92 Å². The van der Waals surface area contributed by atoms with Gasteiger partial charge in [-0.1, -0.05) is 48.5 Å². The molecule has 3 heterocycles. The second-order valence-corrected chi connectivity index (χ2v) is 12.3. The quantitative estimate of drug-likeness (QED) is 0.220. The summed E-state index contributed by atoms with van der Waals surface area (Å²) in [4.78, 5) is 32.0. The number of hydrogen-bond acceptors (Lipinski definition) is 7. The van der Waals surface area contributed by atoms with Crippen LogP contribution in [0.3, 0.4) is 0 Å². The van der Waals surface area contributed by atoms with Gasteiger partial charge in [-0.25, -0.2) is 22.8 Å². The molecule has 2 fully saturated rings. The Labute approximate surface area is 275 Å². The zero-order valence-electron chi connectivity index (χ0n) is 26.8. The Morgan fingerprint density at radius 1 is 1.08 bits per heavy atom. The third-order valence-corrected chi connectivity index (χ3v) is 9.24. The first-order valence-electron chi connectivity index (χ1n) is 16.0. The maximum atomic E-state index is 16.0. The van der Waals surface area contributed by atoms with Crippen LogP contribution in [-0.4, -0.2) is 65.0 Å². The van der Waals surface area contributed by atoms with Gasteiger partial charge in [0.15, 0.2) is 0 Å². The van der Waals surface area contributed by atoms with Crippen LogP contribution in [0.1, 0.15) is 42.5 Å². The number of halogens is 3. The van der Waals surface area contributed by atoms with Crippen molar-refractivity contribution in [2.24, 2.45) is 13.0 Å². The molecule has 0 bridgehead atoms.